The maximum atomic E-state index is 11.8. The molecule has 0 spiro atoms. The third-order valence-corrected chi connectivity index (χ3v) is 6.06. The lowest BCUT2D eigenvalue weighted by atomic mass is 9.91. The molecule has 1 N–H and O–H groups in total. The summed E-state index contributed by atoms with van der Waals surface area (Å²) in [4.78, 5) is 0.417. The van der Waals surface area contributed by atoms with E-state index in [1.54, 1.807) is 0 Å². The van der Waals surface area contributed by atoms with Gasteiger partial charge in [-0.2, -0.15) is 0 Å². The molecule has 3 nitrogen and oxygen atoms in total. The minimum atomic E-state index is -3.06. The van der Waals surface area contributed by atoms with Crippen LogP contribution in [-0.4, -0.2) is 25.5 Å². The van der Waals surface area contributed by atoms with Gasteiger partial charge in [0.05, 0.1) is 5.75 Å². The molecule has 0 aliphatic heterocycles. The van der Waals surface area contributed by atoms with Gasteiger partial charge in [0.25, 0.3) is 0 Å². The maximum absolute atomic E-state index is 11.8. The van der Waals surface area contributed by atoms with Crippen molar-refractivity contribution < 1.29 is 8.42 Å². The van der Waals surface area contributed by atoms with E-state index in [1.165, 1.54) is 19.3 Å². The summed E-state index contributed by atoms with van der Waals surface area (Å²) in [6.45, 7) is 2.65. The number of halogens is 1. The van der Waals surface area contributed by atoms with Gasteiger partial charge in [-0.1, -0.05) is 42.1 Å². The second-order valence-electron chi connectivity index (χ2n) is 4.97. The Morgan fingerprint density at radius 2 is 1.94 bits per heavy atom. The third-order valence-electron chi connectivity index (χ3n) is 3.40. The van der Waals surface area contributed by atoms with E-state index in [4.69, 9.17) is 0 Å². The van der Waals surface area contributed by atoms with E-state index in [0.29, 0.717) is 23.0 Å². The van der Waals surface area contributed by atoms with E-state index in [2.05, 4.69) is 27.6 Å². The average molecular weight is 326 g/mol. The molecule has 1 saturated carbocycles. The lowest BCUT2D eigenvalue weighted by Crippen LogP contribution is -2.32. The van der Waals surface area contributed by atoms with Gasteiger partial charge in [-0.25, -0.2) is 13.1 Å². The summed E-state index contributed by atoms with van der Waals surface area (Å²) in [6, 6.07) is 0. The monoisotopic (exact) mass is 325 g/mol. The highest BCUT2D eigenvalue weighted by molar-refractivity contribution is 9.09. The summed E-state index contributed by atoms with van der Waals surface area (Å²) < 4.78 is 26.4. The molecule has 0 heterocycles. The topological polar surface area (TPSA) is 46.2 Å². The first kappa shape index (κ1) is 15.4. The summed E-state index contributed by atoms with van der Waals surface area (Å²) in [5.74, 6) is 0.707. The molecule has 0 aromatic carbocycles. The molecule has 0 radical (unpaired) electrons. The van der Waals surface area contributed by atoms with Crippen molar-refractivity contribution in [2.24, 2.45) is 5.92 Å². The smallest absolute Gasteiger partial charge is 0.211 e. The van der Waals surface area contributed by atoms with Crippen LogP contribution < -0.4 is 4.72 Å². The van der Waals surface area contributed by atoms with E-state index >= 15 is 0 Å². The summed E-state index contributed by atoms with van der Waals surface area (Å²) in [6.07, 6.45) is 7.71. The molecule has 17 heavy (non-hydrogen) atoms. The zero-order chi connectivity index (χ0) is 12.7. The number of nitrogens with one attached hydrogen (secondary N) is 1. The molecule has 0 aromatic rings. The largest absolute Gasteiger partial charge is 0.215 e. The molecular formula is C12H24BrNO2S. The van der Waals surface area contributed by atoms with Crippen molar-refractivity contribution in [1.82, 2.24) is 4.72 Å². The molecule has 0 aromatic heterocycles. The van der Waals surface area contributed by atoms with E-state index in [0.717, 1.165) is 25.7 Å². The lowest BCUT2D eigenvalue weighted by molar-refractivity contribution is 0.384. The van der Waals surface area contributed by atoms with Crippen LogP contribution in [0.2, 0.25) is 0 Å². The molecule has 5 heteroatoms. The van der Waals surface area contributed by atoms with E-state index in [9.17, 15) is 8.42 Å². The number of sulfonamides is 1. The molecule has 1 aliphatic carbocycles. The van der Waals surface area contributed by atoms with Crippen molar-refractivity contribution in [2.75, 3.05) is 12.3 Å². The lowest BCUT2D eigenvalue weighted by Gasteiger charge is -2.21. The van der Waals surface area contributed by atoms with Crippen molar-refractivity contribution in [1.29, 1.82) is 0 Å². The Kier molecular flexibility index (Phi) is 7.04. The fourth-order valence-corrected chi connectivity index (χ4v) is 4.03. The van der Waals surface area contributed by atoms with Gasteiger partial charge in [-0.3, -0.25) is 0 Å². The fourth-order valence-electron chi connectivity index (χ4n) is 2.30. The van der Waals surface area contributed by atoms with Crippen molar-refractivity contribution in [3.8, 4) is 0 Å². The van der Waals surface area contributed by atoms with Crippen LogP contribution in [0.4, 0.5) is 0 Å². The first-order valence-electron chi connectivity index (χ1n) is 6.65. The molecule has 0 saturated heterocycles. The highest BCUT2D eigenvalue weighted by atomic mass is 79.9. The Morgan fingerprint density at radius 1 is 1.29 bits per heavy atom. The van der Waals surface area contributed by atoms with Crippen molar-refractivity contribution in [2.45, 2.75) is 56.7 Å². The van der Waals surface area contributed by atoms with Gasteiger partial charge < -0.3 is 0 Å². The molecule has 1 rings (SSSR count). The van der Waals surface area contributed by atoms with Crippen LogP contribution in [0.3, 0.4) is 0 Å². The molecule has 1 aliphatic rings. The first-order valence-corrected chi connectivity index (χ1v) is 9.21. The molecular weight excluding hydrogens is 302 g/mol. The minimum absolute atomic E-state index is 0.325. The Bertz CT molecular complexity index is 300. The summed E-state index contributed by atoms with van der Waals surface area (Å²) in [7, 11) is -3.06. The van der Waals surface area contributed by atoms with Gasteiger partial charge in [-0.15, -0.1) is 0 Å². The third kappa shape index (κ3) is 6.77. The predicted molar refractivity (Wildman–Crippen MR) is 76.0 cm³/mol. The standard InChI is InChI=1S/C12H24BrNO2S/c1-2-12(13)8-9-14-17(15,16)10-11-6-4-3-5-7-11/h11-12,14H,2-10H2,1H3. The molecule has 1 fully saturated rings. The quantitative estimate of drug-likeness (QED) is 0.731. The van der Waals surface area contributed by atoms with Gasteiger partial charge in [0.2, 0.25) is 10.0 Å². The predicted octanol–water partition coefficient (Wildman–Crippen LogP) is 3.05. The van der Waals surface area contributed by atoms with Gasteiger partial charge in [-0.05, 0) is 31.6 Å². The average Bonchev–Trinajstić information content (AvgIpc) is 2.29. The summed E-state index contributed by atoms with van der Waals surface area (Å²) >= 11 is 3.51. The van der Waals surface area contributed by atoms with Crippen LogP contribution in [0.25, 0.3) is 0 Å². The zero-order valence-electron chi connectivity index (χ0n) is 10.6. The van der Waals surface area contributed by atoms with Crippen LogP contribution in [0, 0.1) is 5.92 Å². The SMILES string of the molecule is CCC(Br)CCNS(=O)(=O)CC1CCCCC1. The molecule has 1 unspecified atom stereocenters. The van der Waals surface area contributed by atoms with Crippen LogP contribution in [-0.2, 0) is 10.0 Å². The van der Waals surface area contributed by atoms with Crippen molar-refractivity contribution >= 4 is 26.0 Å². The summed E-state index contributed by atoms with van der Waals surface area (Å²) in [5, 5.41) is 0. The van der Waals surface area contributed by atoms with Gasteiger partial charge >= 0.3 is 0 Å². The second kappa shape index (κ2) is 7.74. The maximum Gasteiger partial charge on any atom is 0.211 e. The van der Waals surface area contributed by atoms with Gasteiger partial charge in [0.1, 0.15) is 0 Å². The Balaban J connectivity index is 2.25. The molecule has 1 atom stereocenters. The van der Waals surface area contributed by atoms with Crippen LogP contribution >= 0.6 is 15.9 Å². The molecule has 0 bridgehead atoms. The van der Waals surface area contributed by atoms with Crippen LogP contribution in [0.15, 0.2) is 0 Å². The van der Waals surface area contributed by atoms with E-state index in [-0.39, 0.29) is 0 Å². The number of alkyl halides is 1. The normalized spacial score (nSPS) is 20.4. The van der Waals surface area contributed by atoms with Crippen molar-refractivity contribution in [3.63, 3.8) is 0 Å². The number of rotatable bonds is 7. The Hall–Kier alpha value is 0.390. The number of hydrogen-bond donors (Lipinski definition) is 1. The highest BCUT2D eigenvalue weighted by Gasteiger charge is 2.20. The Labute approximate surface area is 114 Å². The van der Waals surface area contributed by atoms with Crippen molar-refractivity contribution in [3.05, 3.63) is 0 Å². The minimum Gasteiger partial charge on any atom is -0.215 e. The van der Waals surface area contributed by atoms with E-state index in [1.807, 2.05) is 0 Å². The van der Waals surface area contributed by atoms with Gasteiger partial charge in [0.15, 0.2) is 0 Å². The second-order valence-corrected chi connectivity index (χ2v) is 8.12. The van der Waals surface area contributed by atoms with Crippen LogP contribution in [0.1, 0.15) is 51.9 Å². The zero-order valence-corrected chi connectivity index (χ0v) is 13.0. The highest BCUT2D eigenvalue weighted by Crippen LogP contribution is 2.24. The first-order chi connectivity index (χ1) is 8.03. The van der Waals surface area contributed by atoms with Gasteiger partial charge in [0, 0.05) is 11.4 Å². The number of hydrogen-bond acceptors (Lipinski definition) is 2. The summed E-state index contributed by atoms with van der Waals surface area (Å²) in [5.41, 5.74) is 0. The van der Waals surface area contributed by atoms with Crippen LogP contribution in [0.5, 0.6) is 0 Å². The Morgan fingerprint density at radius 3 is 2.53 bits per heavy atom. The molecule has 102 valence electrons. The fraction of sp³-hybridized carbons (Fsp3) is 1.00. The molecule has 0 amide bonds. The van der Waals surface area contributed by atoms with E-state index < -0.39 is 10.0 Å².